The van der Waals surface area contributed by atoms with Gasteiger partial charge in [0.2, 0.25) is 0 Å². The maximum absolute atomic E-state index is 13.9. The van der Waals surface area contributed by atoms with Crippen LogP contribution in [0.1, 0.15) is 35.3 Å². The second-order valence-corrected chi connectivity index (χ2v) is 7.20. The maximum atomic E-state index is 13.9. The van der Waals surface area contributed by atoms with Gasteiger partial charge in [-0.15, -0.1) is 0 Å². The zero-order valence-electron chi connectivity index (χ0n) is 16.5. The normalized spacial score (nSPS) is 20.7. The van der Waals surface area contributed by atoms with E-state index in [4.69, 9.17) is 17.2 Å². The van der Waals surface area contributed by atoms with Crippen molar-refractivity contribution in [2.24, 2.45) is 17.2 Å². The molecule has 1 heterocycles. The maximum Gasteiger partial charge on any atom is 0.271 e. The Morgan fingerprint density at radius 1 is 1.19 bits per heavy atom. The summed E-state index contributed by atoms with van der Waals surface area (Å²) in [5, 5.41) is 5.22. The van der Waals surface area contributed by atoms with Crippen LogP contribution in [-0.4, -0.2) is 39.8 Å². The molecule has 1 aliphatic rings. The fourth-order valence-electron chi connectivity index (χ4n) is 3.28. The van der Waals surface area contributed by atoms with Gasteiger partial charge in [0.15, 0.2) is 11.5 Å². The number of amides is 2. The van der Waals surface area contributed by atoms with Gasteiger partial charge in [-0.1, -0.05) is 30.3 Å². The van der Waals surface area contributed by atoms with Crippen molar-refractivity contribution in [3.05, 3.63) is 53.9 Å². The summed E-state index contributed by atoms with van der Waals surface area (Å²) in [6, 6.07) is 6.61. The first kappa shape index (κ1) is 22.1. The number of anilines is 2. The molecule has 0 aliphatic heterocycles. The monoisotopic (exact) mass is 431 g/mol. The molecule has 2 atom stereocenters. The Bertz CT molecular complexity index is 998. The third-order valence-corrected chi connectivity index (χ3v) is 4.92. The standard InChI is InChI=1S/C20H23F2N7O2/c21-20(22)8-4-7-13(17(20)24)27-14-10-26-16(18(25)31)19(28-14)29-15(30)9-12(23)11-5-2-1-3-6-11/h1-3,5-6,9-10,13,17H,4,7-8,23-24H2,(H2,25,31)(H2,27,28,29,30)/b12-9-/t13-,17-/m1/s1. The van der Waals surface area contributed by atoms with Gasteiger partial charge in [0.25, 0.3) is 17.7 Å². The van der Waals surface area contributed by atoms with Crippen LogP contribution >= 0.6 is 0 Å². The molecule has 1 aromatic heterocycles. The highest BCUT2D eigenvalue weighted by atomic mass is 19.3. The van der Waals surface area contributed by atoms with Crippen molar-refractivity contribution in [1.82, 2.24) is 9.97 Å². The fourth-order valence-corrected chi connectivity index (χ4v) is 3.28. The van der Waals surface area contributed by atoms with E-state index < -0.39 is 29.8 Å². The minimum Gasteiger partial charge on any atom is -0.398 e. The molecule has 8 N–H and O–H groups in total. The molecule has 1 aromatic carbocycles. The molecule has 0 saturated heterocycles. The van der Waals surface area contributed by atoms with Gasteiger partial charge in [-0.25, -0.2) is 18.7 Å². The van der Waals surface area contributed by atoms with E-state index in [1.807, 2.05) is 0 Å². The van der Waals surface area contributed by atoms with Crippen LogP contribution in [0.2, 0.25) is 0 Å². The Balaban J connectivity index is 1.80. The van der Waals surface area contributed by atoms with Gasteiger partial charge in [0, 0.05) is 24.2 Å². The predicted octanol–water partition coefficient (Wildman–Crippen LogP) is 1.44. The minimum atomic E-state index is -3.01. The second-order valence-electron chi connectivity index (χ2n) is 7.20. The van der Waals surface area contributed by atoms with E-state index in [2.05, 4.69) is 20.6 Å². The molecule has 11 heteroatoms. The molecule has 0 bridgehead atoms. The zero-order chi connectivity index (χ0) is 22.6. The third-order valence-electron chi connectivity index (χ3n) is 4.92. The topological polar surface area (TPSA) is 162 Å². The average molecular weight is 431 g/mol. The van der Waals surface area contributed by atoms with E-state index in [-0.39, 0.29) is 35.9 Å². The number of alkyl halides is 2. The van der Waals surface area contributed by atoms with E-state index in [0.29, 0.717) is 12.0 Å². The van der Waals surface area contributed by atoms with Crippen molar-refractivity contribution >= 4 is 29.1 Å². The molecule has 31 heavy (non-hydrogen) atoms. The zero-order valence-corrected chi connectivity index (χ0v) is 16.5. The number of aromatic nitrogens is 2. The third kappa shape index (κ3) is 5.31. The van der Waals surface area contributed by atoms with E-state index in [1.54, 1.807) is 30.3 Å². The fraction of sp³-hybridized carbons (Fsp3) is 0.300. The molecule has 0 spiro atoms. The highest BCUT2D eigenvalue weighted by molar-refractivity contribution is 6.06. The predicted molar refractivity (Wildman–Crippen MR) is 112 cm³/mol. The Kier molecular flexibility index (Phi) is 6.44. The van der Waals surface area contributed by atoms with Crippen LogP contribution in [0.25, 0.3) is 5.70 Å². The number of nitrogens with one attached hydrogen (secondary N) is 2. The quantitative estimate of drug-likeness (QED) is 0.432. The lowest BCUT2D eigenvalue weighted by Gasteiger charge is -2.36. The van der Waals surface area contributed by atoms with Crippen molar-refractivity contribution in [2.75, 3.05) is 10.6 Å². The number of halogens is 2. The summed E-state index contributed by atoms with van der Waals surface area (Å²) in [6.45, 7) is 0. The lowest BCUT2D eigenvalue weighted by molar-refractivity contribution is -0.111. The number of carbonyl (C=O) groups is 2. The molecule has 164 valence electrons. The van der Waals surface area contributed by atoms with Crippen molar-refractivity contribution in [3.63, 3.8) is 0 Å². The molecule has 2 aromatic rings. The summed E-state index contributed by atoms with van der Waals surface area (Å²) in [7, 11) is 0. The number of nitrogens with zero attached hydrogens (tertiary/aromatic N) is 2. The number of rotatable bonds is 6. The summed E-state index contributed by atoms with van der Waals surface area (Å²) >= 11 is 0. The van der Waals surface area contributed by atoms with Crippen LogP contribution < -0.4 is 27.8 Å². The first-order valence-electron chi connectivity index (χ1n) is 9.58. The van der Waals surface area contributed by atoms with Gasteiger partial charge < -0.3 is 27.8 Å². The summed E-state index contributed by atoms with van der Waals surface area (Å²) in [4.78, 5) is 32.1. The molecule has 1 saturated carbocycles. The summed E-state index contributed by atoms with van der Waals surface area (Å²) in [5.74, 6) is -4.76. The van der Waals surface area contributed by atoms with E-state index in [1.165, 1.54) is 6.20 Å². The van der Waals surface area contributed by atoms with E-state index >= 15 is 0 Å². The molecule has 9 nitrogen and oxygen atoms in total. The Hall–Kier alpha value is -3.60. The second kappa shape index (κ2) is 9.04. The summed E-state index contributed by atoms with van der Waals surface area (Å²) in [6.07, 6.45) is 2.71. The molecule has 2 amide bonds. The van der Waals surface area contributed by atoms with Crippen LogP contribution in [0.5, 0.6) is 0 Å². The van der Waals surface area contributed by atoms with Crippen molar-refractivity contribution < 1.29 is 18.4 Å². The van der Waals surface area contributed by atoms with Crippen molar-refractivity contribution in [2.45, 2.75) is 37.3 Å². The van der Waals surface area contributed by atoms with Crippen LogP contribution in [-0.2, 0) is 4.79 Å². The SMILES string of the molecule is NC(=O)c1ncc(N[C@@H]2CCCC(F)(F)[C@@H]2N)nc1NC(=O)/C=C(\N)c1ccccc1. The number of nitrogens with two attached hydrogens (primary N) is 3. The molecular weight excluding hydrogens is 408 g/mol. The number of carbonyl (C=O) groups excluding carboxylic acids is 2. The van der Waals surface area contributed by atoms with Gasteiger partial charge in [-0.3, -0.25) is 9.59 Å². The number of hydrogen-bond acceptors (Lipinski definition) is 7. The number of benzene rings is 1. The summed E-state index contributed by atoms with van der Waals surface area (Å²) in [5.41, 5.74) is 17.4. The molecular formula is C20H23F2N7O2. The summed E-state index contributed by atoms with van der Waals surface area (Å²) < 4.78 is 27.8. The molecule has 1 fully saturated rings. The van der Waals surface area contributed by atoms with Crippen molar-refractivity contribution in [1.29, 1.82) is 0 Å². The average Bonchev–Trinajstić information content (AvgIpc) is 2.72. The van der Waals surface area contributed by atoms with Crippen LogP contribution in [0.15, 0.2) is 42.6 Å². The minimum absolute atomic E-state index is 0.0680. The Morgan fingerprint density at radius 3 is 2.58 bits per heavy atom. The molecule has 1 aliphatic carbocycles. The van der Waals surface area contributed by atoms with Crippen LogP contribution in [0.4, 0.5) is 20.4 Å². The number of primary amides is 1. The van der Waals surface area contributed by atoms with Gasteiger partial charge in [-0.05, 0) is 18.4 Å². The smallest absolute Gasteiger partial charge is 0.271 e. The highest BCUT2D eigenvalue weighted by Gasteiger charge is 2.44. The van der Waals surface area contributed by atoms with E-state index in [9.17, 15) is 18.4 Å². The molecule has 0 unspecified atom stereocenters. The van der Waals surface area contributed by atoms with Gasteiger partial charge in [-0.2, -0.15) is 0 Å². The van der Waals surface area contributed by atoms with Crippen LogP contribution in [0, 0.1) is 0 Å². The first-order chi connectivity index (χ1) is 14.7. The number of hydrogen-bond donors (Lipinski definition) is 5. The highest BCUT2D eigenvalue weighted by Crippen LogP contribution is 2.33. The molecule has 3 rings (SSSR count). The van der Waals surface area contributed by atoms with Crippen LogP contribution in [0.3, 0.4) is 0 Å². The Labute approximate surface area is 177 Å². The molecule has 0 radical (unpaired) electrons. The van der Waals surface area contributed by atoms with Gasteiger partial charge >= 0.3 is 0 Å². The first-order valence-corrected chi connectivity index (χ1v) is 9.58. The largest absolute Gasteiger partial charge is 0.398 e. The van der Waals surface area contributed by atoms with Crippen molar-refractivity contribution in [3.8, 4) is 0 Å². The Morgan fingerprint density at radius 2 is 1.90 bits per heavy atom. The van der Waals surface area contributed by atoms with Gasteiger partial charge in [0.05, 0.1) is 12.2 Å². The lowest BCUT2D eigenvalue weighted by atomic mass is 9.87. The van der Waals surface area contributed by atoms with Gasteiger partial charge in [0.1, 0.15) is 5.82 Å². The lowest BCUT2D eigenvalue weighted by Crippen LogP contribution is -2.55. The van der Waals surface area contributed by atoms with E-state index in [0.717, 1.165) is 6.08 Å².